The van der Waals surface area contributed by atoms with Crippen LogP contribution in [0.25, 0.3) is 0 Å². The van der Waals surface area contributed by atoms with Crippen LogP contribution in [0.4, 0.5) is 0 Å². The summed E-state index contributed by atoms with van der Waals surface area (Å²) in [7, 11) is 0. The SMILES string of the molecule is CCCCOc1ccc(C(=O)NCC(=O)NCc2cccnc2)cc1. The van der Waals surface area contributed by atoms with Crippen LogP contribution in [0.2, 0.25) is 0 Å². The molecule has 1 aromatic carbocycles. The minimum absolute atomic E-state index is 0.0755. The maximum absolute atomic E-state index is 12.1. The molecule has 0 saturated carbocycles. The number of carbonyl (C=O) groups is 2. The Hall–Kier alpha value is -2.89. The first-order valence-electron chi connectivity index (χ1n) is 8.35. The molecule has 0 radical (unpaired) electrons. The van der Waals surface area contributed by atoms with E-state index in [1.807, 2.05) is 6.07 Å². The average Bonchev–Trinajstić information content (AvgIpc) is 2.66. The molecule has 6 heteroatoms. The number of pyridine rings is 1. The van der Waals surface area contributed by atoms with Gasteiger partial charge in [-0.15, -0.1) is 0 Å². The summed E-state index contributed by atoms with van der Waals surface area (Å²) < 4.78 is 5.55. The van der Waals surface area contributed by atoms with Gasteiger partial charge in [-0.25, -0.2) is 0 Å². The van der Waals surface area contributed by atoms with Crippen molar-refractivity contribution in [3.8, 4) is 5.75 Å². The lowest BCUT2D eigenvalue weighted by atomic mass is 10.2. The zero-order valence-electron chi connectivity index (χ0n) is 14.3. The van der Waals surface area contributed by atoms with Crippen LogP contribution in [-0.2, 0) is 11.3 Å². The molecule has 0 saturated heterocycles. The number of hydrogen-bond acceptors (Lipinski definition) is 4. The Morgan fingerprint density at radius 3 is 2.60 bits per heavy atom. The van der Waals surface area contributed by atoms with E-state index in [4.69, 9.17) is 4.74 Å². The summed E-state index contributed by atoms with van der Waals surface area (Å²) >= 11 is 0. The fourth-order valence-corrected chi connectivity index (χ4v) is 2.07. The molecule has 0 fully saturated rings. The third kappa shape index (κ3) is 6.63. The summed E-state index contributed by atoms with van der Waals surface area (Å²) in [6, 6.07) is 10.6. The molecule has 6 nitrogen and oxygen atoms in total. The molecule has 0 bridgehead atoms. The lowest BCUT2D eigenvalue weighted by Gasteiger charge is -2.08. The summed E-state index contributed by atoms with van der Waals surface area (Å²) in [6.07, 6.45) is 5.42. The topological polar surface area (TPSA) is 80.3 Å². The van der Waals surface area contributed by atoms with Gasteiger partial charge in [0.2, 0.25) is 5.91 Å². The molecule has 1 heterocycles. The van der Waals surface area contributed by atoms with E-state index in [2.05, 4.69) is 22.5 Å². The Balaban J connectivity index is 1.72. The lowest BCUT2D eigenvalue weighted by molar-refractivity contribution is -0.120. The van der Waals surface area contributed by atoms with Crippen molar-refractivity contribution in [2.75, 3.05) is 13.2 Å². The van der Waals surface area contributed by atoms with Crippen LogP contribution in [0.3, 0.4) is 0 Å². The molecule has 0 atom stereocenters. The fourth-order valence-electron chi connectivity index (χ4n) is 2.07. The van der Waals surface area contributed by atoms with Gasteiger partial charge in [0, 0.05) is 24.5 Å². The van der Waals surface area contributed by atoms with Gasteiger partial charge in [-0.05, 0) is 42.3 Å². The zero-order valence-corrected chi connectivity index (χ0v) is 14.3. The molecule has 1 aromatic heterocycles. The first-order valence-corrected chi connectivity index (χ1v) is 8.35. The summed E-state index contributed by atoms with van der Waals surface area (Å²) in [5, 5.41) is 5.33. The maximum Gasteiger partial charge on any atom is 0.251 e. The Morgan fingerprint density at radius 1 is 1.12 bits per heavy atom. The Morgan fingerprint density at radius 2 is 1.92 bits per heavy atom. The van der Waals surface area contributed by atoms with E-state index >= 15 is 0 Å². The number of aromatic nitrogens is 1. The van der Waals surface area contributed by atoms with Crippen molar-refractivity contribution in [2.45, 2.75) is 26.3 Å². The van der Waals surface area contributed by atoms with Crippen molar-refractivity contribution in [1.29, 1.82) is 0 Å². The van der Waals surface area contributed by atoms with Crippen LogP contribution < -0.4 is 15.4 Å². The molecule has 2 rings (SSSR count). The number of unbranched alkanes of at least 4 members (excludes halogenated alkanes) is 1. The summed E-state index contributed by atoms with van der Waals surface area (Å²) in [6.45, 7) is 3.07. The standard InChI is InChI=1S/C19H23N3O3/c1-2-3-11-25-17-8-6-16(7-9-17)19(24)22-14-18(23)21-13-15-5-4-10-20-12-15/h4-10,12H,2-3,11,13-14H2,1H3,(H,21,23)(H,22,24). The molecule has 25 heavy (non-hydrogen) atoms. The molecule has 0 aliphatic heterocycles. The van der Waals surface area contributed by atoms with Crippen molar-refractivity contribution in [2.24, 2.45) is 0 Å². The highest BCUT2D eigenvalue weighted by Crippen LogP contribution is 2.12. The third-order valence-electron chi connectivity index (χ3n) is 3.51. The van der Waals surface area contributed by atoms with E-state index in [-0.39, 0.29) is 18.4 Å². The predicted molar refractivity (Wildman–Crippen MR) is 95.3 cm³/mol. The van der Waals surface area contributed by atoms with E-state index in [0.717, 1.165) is 24.2 Å². The average molecular weight is 341 g/mol. The molecular weight excluding hydrogens is 318 g/mol. The number of rotatable bonds is 9. The number of carbonyl (C=O) groups excluding carboxylic acids is 2. The quantitative estimate of drug-likeness (QED) is 0.686. The normalized spacial score (nSPS) is 10.1. The van der Waals surface area contributed by atoms with E-state index < -0.39 is 0 Å². The van der Waals surface area contributed by atoms with Crippen molar-refractivity contribution in [3.05, 3.63) is 59.9 Å². The smallest absolute Gasteiger partial charge is 0.251 e. The molecule has 2 N–H and O–H groups in total. The second-order valence-corrected chi connectivity index (χ2v) is 5.55. The highest BCUT2D eigenvalue weighted by Gasteiger charge is 2.08. The van der Waals surface area contributed by atoms with E-state index in [1.165, 1.54) is 0 Å². The Bertz CT molecular complexity index is 672. The van der Waals surface area contributed by atoms with Crippen molar-refractivity contribution < 1.29 is 14.3 Å². The molecule has 0 aliphatic carbocycles. The minimum Gasteiger partial charge on any atom is -0.494 e. The Kier molecular flexibility index (Phi) is 7.43. The van der Waals surface area contributed by atoms with Gasteiger partial charge >= 0.3 is 0 Å². The number of benzene rings is 1. The first-order chi connectivity index (χ1) is 12.2. The van der Waals surface area contributed by atoms with Gasteiger partial charge in [-0.1, -0.05) is 19.4 Å². The Labute approximate surface area is 147 Å². The molecule has 2 amide bonds. The van der Waals surface area contributed by atoms with Crippen molar-refractivity contribution in [1.82, 2.24) is 15.6 Å². The summed E-state index contributed by atoms with van der Waals surface area (Å²) in [4.78, 5) is 27.8. The maximum atomic E-state index is 12.1. The highest BCUT2D eigenvalue weighted by atomic mass is 16.5. The number of hydrogen-bond donors (Lipinski definition) is 2. The fraction of sp³-hybridized carbons (Fsp3) is 0.316. The van der Waals surface area contributed by atoms with Gasteiger partial charge in [0.15, 0.2) is 0 Å². The van der Waals surface area contributed by atoms with Crippen LogP contribution in [0, 0.1) is 0 Å². The zero-order chi connectivity index (χ0) is 17.9. The van der Waals surface area contributed by atoms with Gasteiger partial charge in [-0.2, -0.15) is 0 Å². The van der Waals surface area contributed by atoms with Crippen LogP contribution in [0.5, 0.6) is 5.75 Å². The highest BCUT2D eigenvalue weighted by molar-refractivity contribution is 5.96. The summed E-state index contributed by atoms with van der Waals surface area (Å²) in [5.74, 6) is 0.188. The number of amides is 2. The van der Waals surface area contributed by atoms with E-state index in [9.17, 15) is 9.59 Å². The van der Waals surface area contributed by atoms with Crippen molar-refractivity contribution in [3.63, 3.8) is 0 Å². The minimum atomic E-state index is -0.295. The monoisotopic (exact) mass is 341 g/mol. The van der Waals surface area contributed by atoms with Crippen LogP contribution in [0.1, 0.15) is 35.7 Å². The van der Waals surface area contributed by atoms with Gasteiger partial charge in [-0.3, -0.25) is 14.6 Å². The molecule has 0 aliphatic rings. The van der Waals surface area contributed by atoms with Gasteiger partial charge in [0.05, 0.1) is 13.2 Å². The second kappa shape index (κ2) is 10.1. The molecule has 0 spiro atoms. The molecule has 2 aromatic rings. The van der Waals surface area contributed by atoms with Gasteiger partial charge < -0.3 is 15.4 Å². The number of ether oxygens (including phenoxy) is 1. The number of nitrogens with zero attached hydrogens (tertiary/aromatic N) is 1. The van der Waals surface area contributed by atoms with Crippen LogP contribution in [0.15, 0.2) is 48.8 Å². The third-order valence-corrected chi connectivity index (χ3v) is 3.51. The van der Waals surface area contributed by atoms with Gasteiger partial charge in [0.25, 0.3) is 5.91 Å². The molecule has 132 valence electrons. The van der Waals surface area contributed by atoms with Crippen molar-refractivity contribution >= 4 is 11.8 Å². The van der Waals surface area contributed by atoms with Crippen LogP contribution in [-0.4, -0.2) is 29.9 Å². The largest absolute Gasteiger partial charge is 0.494 e. The lowest BCUT2D eigenvalue weighted by Crippen LogP contribution is -2.36. The predicted octanol–water partition coefficient (Wildman–Crippen LogP) is 2.31. The van der Waals surface area contributed by atoms with E-state index in [1.54, 1.807) is 42.7 Å². The van der Waals surface area contributed by atoms with E-state index in [0.29, 0.717) is 18.7 Å². The van der Waals surface area contributed by atoms with Crippen LogP contribution >= 0.6 is 0 Å². The van der Waals surface area contributed by atoms with Gasteiger partial charge in [0.1, 0.15) is 5.75 Å². The summed E-state index contributed by atoms with van der Waals surface area (Å²) in [5.41, 5.74) is 1.39. The second-order valence-electron chi connectivity index (χ2n) is 5.55. The number of nitrogens with one attached hydrogen (secondary N) is 2. The molecule has 0 unspecified atom stereocenters. The molecular formula is C19H23N3O3. The first kappa shape index (κ1) is 18.4.